The molecule has 3 aromatic rings. The van der Waals surface area contributed by atoms with Crippen molar-refractivity contribution in [3.05, 3.63) is 52.6 Å². The summed E-state index contributed by atoms with van der Waals surface area (Å²) in [6.07, 6.45) is 0.0870. The molecule has 0 saturated carbocycles. The molecule has 1 aromatic carbocycles. The summed E-state index contributed by atoms with van der Waals surface area (Å²) in [6.45, 7) is 2.84. The number of aromatic nitrogens is 2. The molecule has 0 atom stereocenters. The highest BCUT2D eigenvalue weighted by Gasteiger charge is 2.25. The summed E-state index contributed by atoms with van der Waals surface area (Å²) >= 11 is 24.0. The fraction of sp³-hybridized carbons (Fsp3) is 0.238. The molecule has 0 aliphatic carbocycles. The minimum atomic E-state index is -1.40. The summed E-state index contributed by atoms with van der Waals surface area (Å²) in [5, 5.41) is 4.83. The van der Waals surface area contributed by atoms with E-state index in [-0.39, 0.29) is 5.76 Å². The lowest BCUT2D eigenvalue weighted by Gasteiger charge is -2.23. The number of carbonyl (C=O) groups excluding carboxylic acids is 2. The molecule has 0 aliphatic rings. The average Bonchev–Trinajstić information content (AvgIpc) is 3.23. The third-order valence-electron chi connectivity index (χ3n) is 4.13. The van der Waals surface area contributed by atoms with Crippen molar-refractivity contribution in [1.29, 1.82) is 0 Å². The molecule has 2 aromatic heterocycles. The van der Waals surface area contributed by atoms with Crippen molar-refractivity contribution in [1.82, 2.24) is 10.1 Å². The van der Waals surface area contributed by atoms with E-state index in [1.165, 1.54) is 18.3 Å². The number of benzene rings is 1. The Kier molecular flexibility index (Phi) is 8.42. The number of rotatable bonds is 7. The first-order valence-corrected chi connectivity index (χ1v) is 11.1. The lowest BCUT2D eigenvalue weighted by atomic mass is 10.1. The molecule has 0 spiro atoms. The van der Waals surface area contributed by atoms with Gasteiger partial charge in [0, 0.05) is 17.8 Å². The van der Waals surface area contributed by atoms with E-state index in [0.29, 0.717) is 32.7 Å². The van der Waals surface area contributed by atoms with E-state index >= 15 is 0 Å². The van der Waals surface area contributed by atoms with Crippen molar-refractivity contribution in [2.24, 2.45) is 0 Å². The predicted octanol–water partition coefficient (Wildman–Crippen LogP) is 6.37. The summed E-state index contributed by atoms with van der Waals surface area (Å²) < 4.78 is 15.3. The standard InChI is InChI=1S/C21H17Cl4N3O5/c1-11(2)32-21(30)31-10-28(20(29)19(24)25)12-6-7-26-15(8-12)17-9-16(27-33-17)18-13(22)4-3-5-14(18)23/h3-9,11,19H,10H2,1-2H3. The number of anilines is 1. The van der Waals surface area contributed by atoms with Gasteiger partial charge in [-0.3, -0.25) is 14.7 Å². The van der Waals surface area contributed by atoms with Crippen molar-refractivity contribution in [2.75, 3.05) is 11.6 Å². The number of carbonyl (C=O) groups is 2. The first-order chi connectivity index (χ1) is 15.7. The van der Waals surface area contributed by atoms with Crippen LogP contribution in [0.25, 0.3) is 22.7 Å². The van der Waals surface area contributed by atoms with Gasteiger partial charge in [0.2, 0.25) is 0 Å². The van der Waals surface area contributed by atoms with E-state index in [2.05, 4.69) is 10.1 Å². The number of alkyl halides is 2. The Morgan fingerprint density at radius 2 is 1.79 bits per heavy atom. The summed E-state index contributed by atoms with van der Waals surface area (Å²) in [6, 6.07) is 9.71. The Balaban J connectivity index is 1.89. The van der Waals surface area contributed by atoms with Crippen LogP contribution in [0.3, 0.4) is 0 Å². The summed E-state index contributed by atoms with van der Waals surface area (Å²) in [5.41, 5.74) is 1.54. The zero-order valence-electron chi connectivity index (χ0n) is 17.3. The van der Waals surface area contributed by atoms with Gasteiger partial charge in [-0.1, -0.05) is 57.6 Å². The van der Waals surface area contributed by atoms with E-state index in [1.54, 1.807) is 38.1 Å². The molecule has 0 aliphatic heterocycles. The molecular formula is C21H17Cl4N3O5. The average molecular weight is 533 g/mol. The SMILES string of the molecule is CC(C)OC(=O)OCN(C(=O)C(Cl)Cl)c1ccnc(-c2cc(-c3c(Cl)cccc3Cl)no2)c1. The van der Waals surface area contributed by atoms with Gasteiger partial charge in [-0.25, -0.2) is 4.79 Å². The molecule has 1 amide bonds. The van der Waals surface area contributed by atoms with Crippen molar-refractivity contribution in [2.45, 2.75) is 24.8 Å². The molecule has 174 valence electrons. The lowest BCUT2D eigenvalue weighted by Crippen LogP contribution is -2.38. The Hall–Kier alpha value is -2.52. The van der Waals surface area contributed by atoms with Crippen LogP contribution in [-0.2, 0) is 14.3 Å². The smallest absolute Gasteiger partial charge is 0.432 e. The fourth-order valence-corrected chi connectivity index (χ4v) is 3.53. The molecule has 8 nitrogen and oxygen atoms in total. The quantitative estimate of drug-likeness (QED) is 0.198. The van der Waals surface area contributed by atoms with E-state index < -0.39 is 29.7 Å². The number of amides is 1. The molecule has 12 heteroatoms. The van der Waals surface area contributed by atoms with Crippen LogP contribution in [-0.4, -0.2) is 39.9 Å². The van der Waals surface area contributed by atoms with Crippen LogP contribution in [0.15, 0.2) is 47.1 Å². The lowest BCUT2D eigenvalue weighted by molar-refractivity contribution is -0.117. The molecule has 0 N–H and O–H groups in total. The number of nitrogens with zero attached hydrogens (tertiary/aromatic N) is 3. The first kappa shape index (κ1) is 25.1. The van der Waals surface area contributed by atoms with Crippen LogP contribution in [0.4, 0.5) is 10.5 Å². The zero-order valence-corrected chi connectivity index (χ0v) is 20.3. The number of hydrogen-bond acceptors (Lipinski definition) is 7. The number of ether oxygens (including phenoxy) is 2. The van der Waals surface area contributed by atoms with Gasteiger partial charge in [0.1, 0.15) is 11.4 Å². The minimum absolute atomic E-state index is 0.281. The zero-order chi connectivity index (χ0) is 24.1. The van der Waals surface area contributed by atoms with E-state index in [0.717, 1.165) is 4.90 Å². The van der Waals surface area contributed by atoms with E-state index in [1.807, 2.05) is 0 Å². The molecule has 0 unspecified atom stereocenters. The van der Waals surface area contributed by atoms with Crippen molar-refractivity contribution >= 4 is 64.2 Å². The van der Waals surface area contributed by atoms with Crippen LogP contribution in [0, 0.1) is 0 Å². The Morgan fingerprint density at radius 1 is 1.09 bits per heavy atom. The van der Waals surface area contributed by atoms with Crippen LogP contribution >= 0.6 is 46.4 Å². The van der Waals surface area contributed by atoms with Crippen LogP contribution < -0.4 is 4.90 Å². The first-order valence-electron chi connectivity index (χ1n) is 9.47. The van der Waals surface area contributed by atoms with Gasteiger partial charge in [0.15, 0.2) is 17.3 Å². The molecular weight excluding hydrogens is 516 g/mol. The Morgan fingerprint density at radius 3 is 2.42 bits per heavy atom. The molecule has 0 radical (unpaired) electrons. The molecule has 33 heavy (non-hydrogen) atoms. The highest BCUT2D eigenvalue weighted by atomic mass is 35.5. The van der Waals surface area contributed by atoms with Crippen molar-refractivity contribution in [3.63, 3.8) is 0 Å². The molecule has 2 heterocycles. The number of pyridine rings is 1. The summed E-state index contributed by atoms with van der Waals surface area (Å²) in [7, 11) is 0. The second kappa shape index (κ2) is 11.1. The maximum absolute atomic E-state index is 12.5. The maximum Gasteiger partial charge on any atom is 0.510 e. The maximum atomic E-state index is 12.5. The third-order valence-corrected chi connectivity index (χ3v) is 5.14. The fourth-order valence-electron chi connectivity index (χ4n) is 2.71. The van der Waals surface area contributed by atoms with Gasteiger partial charge in [-0.15, -0.1) is 0 Å². The number of halogens is 4. The van der Waals surface area contributed by atoms with Crippen LogP contribution in [0.5, 0.6) is 0 Å². The topological polar surface area (TPSA) is 94.8 Å². The Labute approximate surface area is 209 Å². The normalized spacial score (nSPS) is 11.0. The van der Waals surface area contributed by atoms with Gasteiger partial charge in [-0.2, -0.15) is 0 Å². The van der Waals surface area contributed by atoms with Crippen LogP contribution in [0.1, 0.15) is 13.8 Å². The third kappa shape index (κ3) is 6.29. The van der Waals surface area contributed by atoms with Gasteiger partial charge in [-0.05, 0) is 38.1 Å². The molecule has 3 rings (SSSR count). The highest BCUT2D eigenvalue weighted by molar-refractivity contribution is 6.54. The van der Waals surface area contributed by atoms with E-state index in [4.69, 9.17) is 60.4 Å². The van der Waals surface area contributed by atoms with Gasteiger partial charge >= 0.3 is 6.16 Å². The second-order valence-electron chi connectivity index (χ2n) is 6.83. The van der Waals surface area contributed by atoms with E-state index in [9.17, 15) is 9.59 Å². The summed E-state index contributed by atoms with van der Waals surface area (Å²) in [5.74, 6) is -0.433. The minimum Gasteiger partial charge on any atom is -0.432 e. The van der Waals surface area contributed by atoms with Gasteiger partial charge < -0.3 is 14.0 Å². The summed E-state index contributed by atoms with van der Waals surface area (Å²) in [4.78, 5) is 28.2. The highest BCUT2D eigenvalue weighted by Crippen LogP contribution is 2.36. The van der Waals surface area contributed by atoms with Crippen molar-refractivity contribution < 1.29 is 23.6 Å². The molecule has 0 bridgehead atoms. The van der Waals surface area contributed by atoms with Gasteiger partial charge in [0.05, 0.1) is 21.8 Å². The number of hydrogen-bond donors (Lipinski definition) is 0. The predicted molar refractivity (Wildman–Crippen MR) is 126 cm³/mol. The van der Waals surface area contributed by atoms with Gasteiger partial charge in [0.25, 0.3) is 5.91 Å². The van der Waals surface area contributed by atoms with Crippen LogP contribution in [0.2, 0.25) is 10.0 Å². The largest absolute Gasteiger partial charge is 0.510 e. The Bertz CT molecular complexity index is 1130. The second-order valence-corrected chi connectivity index (χ2v) is 8.74. The van der Waals surface area contributed by atoms with Crippen molar-refractivity contribution in [3.8, 4) is 22.7 Å². The molecule has 0 saturated heterocycles. The molecule has 0 fully saturated rings. The monoisotopic (exact) mass is 531 g/mol.